The molecule has 1 N–H and O–H groups in total. The summed E-state index contributed by atoms with van der Waals surface area (Å²) in [6.07, 6.45) is 1.85. The summed E-state index contributed by atoms with van der Waals surface area (Å²) in [5.41, 5.74) is 2.56. The molecule has 38 heavy (non-hydrogen) atoms. The Balaban J connectivity index is 1.51. The van der Waals surface area contributed by atoms with Crippen LogP contribution in [0.2, 0.25) is 0 Å². The summed E-state index contributed by atoms with van der Waals surface area (Å²) >= 11 is 0. The number of Topliss-reactive ketones (excluding diaryl/α,β-unsaturated/α-hetero) is 1. The van der Waals surface area contributed by atoms with Crippen molar-refractivity contribution in [2.24, 2.45) is 7.05 Å². The second-order valence-electron chi connectivity index (χ2n) is 9.26. The minimum absolute atomic E-state index is 0.0206. The van der Waals surface area contributed by atoms with Gasteiger partial charge in [0.1, 0.15) is 5.82 Å². The van der Waals surface area contributed by atoms with Crippen LogP contribution in [0.5, 0.6) is 5.75 Å². The van der Waals surface area contributed by atoms with Crippen molar-refractivity contribution in [1.29, 1.82) is 0 Å². The molecule has 0 bridgehead atoms. The molecular weight excluding hydrogens is 487 g/mol. The third-order valence-electron chi connectivity index (χ3n) is 6.99. The Kier molecular flexibility index (Phi) is 5.52. The maximum atomic E-state index is 14.0. The predicted octanol–water partition coefficient (Wildman–Crippen LogP) is 5.85. The van der Waals surface area contributed by atoms with Gasteiger partial charge in [0.15, 0.2) is 22.9 Å². The summed E-state index contributed by atoms with van der Waals surface area (Å²) in [7, 11) is 3.39. The van der Waals surface area contributed by atoms with Crippen LogP contribution in [0.4, 0.5) is 4.39 Å². The van der Waals surface area contributed by atoms with E-state index in [-0.39, 0.29) is 17.9 Å². The van der Waals surface area contributed by atoms with Crippen LogP contribution in [0.3, 0.4) is 0 Å². The number of hydrogen-bond donors (Lipinski definition) is 1. The normalized spacial score (nSPS) is 15.7. The average molecular weight is 511 g/mol. The lowest BCUT2D eigenvalue weighted by Gasteiger charge is -2.26. The van der Waals surface area contributed by atoms with Gasteiger partial charge in [-0.1, -0.05) is 42.5 Å². The molecule has 1 aliphatic heterocycles. The number of halogens is 1. The van der Waals surface area contributed by atoms with Crippen LogP contribution in [0.25, 0.3) is 21.9 Å². The van der Waals surface area contributed by atoms with E-state index < -0.39 is 29.3 Å². The molecule has 1 amide bonds. The Morgan fingerprint density at radius 2 is 1.84 bits per heavy atom. The average Bonchev–Trinajstić information content (AvgIpc) is 3.58. The van der Waals surface area contributed by atoms with Gasteiger partial charge in [0.05, 0.1) is 18.7 Å². The van der Waals surface area contributed by atoms with E-state index in [0.717, 1.165) is 10.9 Å². The number of benzene rings is 3. The number of methoxy groups -OCH3 is 1. The third kappa shape index (κ3) is 3.64. The van der Waals surface area contributed by atoms with Gasteiger partial charge in [0, 0.05) is 41.6 Å². The highest BCUT2D eigenvalue weighted by Gasteiger charge is 2.45. The molecule has 0 spiro atoms. The van der Waals surface area contributed by atoms with Crippen LogP contribution < -0.4 is 4.74 Å². The molecule has 8 heteroatoms. The second kappa shape index (κ2) is 8.92. The summed E-state index contributed by atoms with van der Waals surface area (Å²) in [5, 5.41) is 12.6. The van der Waals surface area contributed by atoms with Crippen molar-refractivity contribution < 1.29 is 28.2 Å². The largest absolute Gasteiger partial charge is 0.503 e. The van der Waals surface area contributed by atoms with E-state index in [4.69, 9.17) is 9.15 Å². The minimum Gasteiger partial charge on any atom is -0.503 e. The smallest absolute Gasteiger partial charge is 0.290 e. The van der Waals surface area contributed by atoms with Crippen LogP contribution in [0.1, 0.15) is 27.7 Å². The van der Waals surface area contributed by atoms with Crippen molar-refractivity contribution in [2.75, 3.05) is 7.11 Å². The molecule has 0 aliphatic carbocycles. The number of aliphatic hydroxyl groups excluding tert-OH is 1. The Bertz CT molecular complexity index is 1760. The number of nitrogens with zero attached hydrogens (tertiary/aromatic N) is 2. The molecule has 0 saturated heterocycles. The lowest BCUT2D eigenvalue weighted by atomic mass is 9.94. The number of amides is 1. The van der Waals surface area contributed by atoms with Crippen molar-refractivity contribution in [3.63, 3.8) is 0 Å². The van der Waals surface area contributed by atoms with Crippen molar-refractivity contribution in [3.8, 4) is 5.75 Å². The number of aliphatic hydroxyl groups is 1. The van der Waals surface area contributed by atoms with E-state index in [9.17, 15) is 19.1 Å². The SMILES string of the molecule is COc1cccc2cc(C(=O)C3=C(O)C(=O)N(Cc4ccc(F)cc4)C3c3cn(C)c4ccccc34)oc12. The number of hydrogen-bond acceptors (Lipinski definition) is 5. The first-order valence-electron chi connectivity index (χ1n) is 12.0. The van der Waals surface area contributed by atoms with E-state index in [1.807, 2.05) is 42.1 Å². The zero-order valence-electron chi connectivity index (χ0n) is 20.6. The van der Waals surface area contributed by atoms with E-state index in [0.29, 0.717) is 27.8 Å². The number of carbonyl (C=O) groups excluding carboxylic acids is 2. The minimum atomic E-state index is -0.902. The van der Waals surface area contributed by atoms with Crippen LogP contribution >= 0.6 is 0 Å². The van der Waals surface area contributed by atoms with Gasteiger partial charge in [-0.2, -0.15) is 0 Å². The predicted molar refractivity (Wildman–Crippen MR) is 139 cm³/mol. The van der Waals surface area contributed by atoms with Crippen LogP contribution in [-0.2, 0) is 18.4 Å². The van der Waals surface area contributed by atoms with Crippen molar-refractivity contribution in [2.45, 2.75) is 12.6 Å². The highest BCUT2D eigenvalue weighted by atomic mass is 19.1. The number of aromatic nitrogens is 1. The Morgan fingerprint density at radius 1 is 1.08 bits per heavy atom. The number of rotatable bonds is 6. The number of ether oxygens (including phenoxy) is 1. The van der Waals surface area contributed by atoms with E-state index in [1.165, 1.54) is 24.1 Å². The molecule has 190 valence electrons. The molecule has 7 nitrogen and oxygen atoms in total. The van der Waals surface area contributed by atoms with Crippen LogP contribution in [0.15, 0.2) is 94.7 Å². The zero-order chi connectivity index (χ0) is 26.6. The van der Waals surface area contributed by atoms with Gasteiger partial charge >= 0.3 is 0 Å². The third-order valence-corrected chi connectivity index (χ3v) is 6.99. The van der Waals surface area contributed by atoms with Crippen molar-refractivity contribution in [3.05, 3.63) is 113 Å². The highest BCUT2D eigenvalue weighted by Crippen LogP contribution is 2.43. The van der Waals surface area contributed by atoms with Crippen molar-refractivity contribution in [1.82, 2.24) is 9.47 Å². The lowest BCUT2D eigenvalue weighted by Crippen LogP contribution is -2.30. The van der Waals surface area contributed by atoms with Gasteiger partial charge in [-0.05, 0) is 35.9 Å². The fourth-order valence-corrected chi connectivity index (χ4v) is 5.19. The second-order valence-corrected chi connectivity index (χ2v) is 9.26. The lowest BCUT2D eigenvalue weighted by molar-refractivity contribution is -0.130. The first-order valence-corrected chi connectivity index (χ1v) is 12.0. The molecule has 5 aromatic rings. The molecule has 1 aliphatic rings. The molecule has 0 saturated carbocycles. The summed E-state index contributed by atoms with van der Waals surface area (Å²) in [5.74, 6) is -1.89. The Morgan fingerprint density at radius 3 is 2.61 bits per heavy atom. The Hall–Kier alpha value is -4.85. The topological polar surface area (TPSA) is 84.9 Å². The number of ketones is 1. The number of para-hydroxylation sites is 2. The summed E-state index contributed by atoms with van der Waals surface area (Å²) < 4.78 is 26.7. The zero-order valence-corrected chi connectivity index (χ0v) is 20.6. The fourth-order valence-electron chi connectivity index (χ4n) is 5.19. The van der Waals surface area contributed by atoms with Gasteiger partial charge in [-0.3, -0.25) is 9.59 Å². The maximum absolute atomic E-state index is 14.0. The molecule has 6 rings (SSSR count). The Labute approximate surface area is 217 Å². The summed E-state index contributed by atoms with van der Waals surface area (Å²) in [6, 6.07) is 19.4. The fraction of sp³-hybridized carbons (Fsp3) is 0.133. The van der Waals surface area contributed by atoms with Crippen LogP contribution in [-0.4, -0.2) is 33.4 Å². The van der Waals surface area contributed by atoms with Gasteiger partial charge in [-0.25, -0.2) is 4.39 Å². The monoisotopic (exact) mass is 510 g/mol. The van der Waals surface area contributed by atoms with Gasteiger partial charge in [-0.15, -0.1) is 0 Å². The quantitative estimate of drug-likeness (QED) is 0.290. The van der Waals surface area contributed by atoms with Crippen molar-refractivity contribution >= 4 is 33.6 Å². The first kappa shape index (κ1) is 23.5. The maximum Gasteiger partial charge on any atom is 0.290 e. The standard InChI is InChI=1S/C30H23FN2O5/c1-32-16-21(20-7-3-4-8-22(20)32)26-25(27(34)24-14-18-6-5-9-23(37-2)29(18)38-24)28(35)30(36)33(26)15-17-10-12-19(31)13-11-17/h3-14,16,26,35H,15H2,1-2H3. The molecule has 0 fully saturated rings. The summed E-state index contributed by atoms with van der Waals surface area (Å²) in [4.78, 5) is 28.8. The van der Waals surface area contributed by atoms with E-state index >= 15 is 0 Å². The number of carbonyl (C=O) groups is 2. The molecule has 3 aromatic carbocycles. The molecule has 1 unspecified atom stereocenters. The highest BCUT2D eigenvalue weighted by molar-refractivity contribution is 6.16. The van der Waals surface area contributed by atoms with Crippen LogP contribution in [0, 0.1) is 5.82 Å². The van der Waals surface area contributed by atoms with E-state index in [2.05, 4.69) is 0 Å². The number of furan rings is 1. The molecule has 2 aromatic heterocycles. The summed E-state index contributed by atoms with van der Waals surface area (Å²) in [6.45, 7) is 0.0573. The number of fused-ring (bicyclic) bond motifs is 2. The van der Waals surface area contributed by atoms with Gasteiger partial charge in [0.2, 0.25) is 5.78 Å². The molecule has 1 atom stereocenters. The molecule has 0 radical (unpaired) electrons. The first-order chi connectivity index (χ1) is 18.4. The molecule has 3 heterocycles. The van der Waals surface area contributed by atoms with E-state index in [1.54, 1.807) is 36.4 Å². The van der Waals surface area contributed by atoms with Gasteiger partial charge in [0.25, 0.3) is 5.91 Å². The van der Waals surface area contributed by atoms with Gasteiger partial charge < -0.3 is 23.7 Å². The number of aryl methyl sites for hydroxylation is 1. The molecular formula is C30H23FN2O5.